The number of carbonyl (C=O) groups is 2. The SMILES string of the molecule is CCOC(=O)CCc1ccccc1CCCCCCOc1cc(C(C)=O)cc(-c2ccccc2)c1. The summed E-state index contributed by atoms with van der Waals surface area (Å²) in [5.41, 5.74) is 5.30. The second-order valence-electron chi connectivity index (χ2n) is 8.75. The molecule has 0 aromatic heterocycles. The van der Waals surface area contributed by atoms with Crippen molar-refractivity contribution in [1.82, 2.24) is 0 Å². The zero-order chi connectivity index (χ0) is 24.9. The Hall–Kier alpha value is -3.40. The molecular formula is C31H36O4. The highest BCUT2D eigenvalue weighted by Crippen LogP contribution is 2.27. The Kier molecular flexibility index (Phi) is 10.6. The van der Waals surface area contributed by atoms with Gasteiger partial charge in [-0.1, -0.05) is 67.4 Å². The quantitative estimate of drug-likeness (QED) is 0.141. The fraction of sp³-hybridized carbons (Fsp3) is 0.355. The zero-order valence-electron chi connectivity index (χ0n) is 20.9. The zero-order valence-corrected chi connectivity index (χ0v) is 20.9. The number of ketones is 1. The molecule has 0 bridgehead atoms. The number of aryl methyl sites for hydroxylation is 2. The van der Waals surface area contributed by atoms with Crippen LogP contribution in [0.15, 0.2) is 72.8 Å². The molecule has 0 aliphatic heterocycles. The summed E-state index contributed by atoms with van der Waals surface area (Å²) >= 11 is 0. The number of rotatable bonds is 14. The van der Waals surface area contributed by atoms with Crippen molar-refractivity contribution < 1.29 is 19.1 Å². The van der Waals surface area contributed by atoms with Gasteiger partial charge >= 0.3 is 5.97 Å². The van der Waals surface area contributed by atoms with Crippen LogP contribution in [0.3, 0.4) is 0 Å². The smallest absolute Gasteiger partial charge is 0.306 e. The van der Waals surface area contributed by atoms with E-state index in [0.717, 1.165) is 55.4 Å². The molecule has 0 radical (unpaired) electrons. The Morgan fingerprint density at radius 3 is 2.14 bits per heavy atom. The van der Waals surface area contributed by atoms with Crippen LogP contribution in [0.4, 0.5) is 0 Å². The predicted octanol–water partition coefficient (Wildman–Crippen LogP) is 7.23. The molecule has 0 heterocycles. The van der Waals surface area contributed by atoms with Crippen molar-refractivity contribution in [2.24, 2.45) is 0 Å². The molecule has 35 heavy (non-hydrogen) atoms. The summed E-state index contributed by atoms with van der Waals surface area (Å²) in [4.78, 5) is 23.7. The van der Waals surface area contributed by atoms with Crippen LogP contribution in [-0.2, 0) is 22.4 Å². The molecule has 4 heteroatoms. The summed E-state index contributed by atoms with van der Waals surface area (Å²) in [6.45, 7) is 4.48. The molecule has 0 atom stereocenters. The molecule has 4 nitrogen and oxygen atoms in total. The first-order chi connectivity index (χ1) is 17.1. The summed E-state index contributed by atoms with van der Waals surface area (Å²) in [6.07, 6.45) is 6.46. The first-order valence-electron chi connectivity index (χ1n) is 12.6. The van der Waals surface area contributed by atoms with Gasteiger partial charge in [0.05, 0.1) is 13.2 Å². The van der Waals surface area contributed by atoms with Crippen LogP contribution >= 0.6 is 0 Å². The monoisotopic (exact) mass is 472 g/mol. The average Bonchev–Trinajstić information content (AvgIpc) is 2.88. The van der Waals surface area contributed by atoms with Crippen LogP contribution in [0.2, 0.25) is 0 Å². The van der Waals surface area contributed by atoms with Gasteiger partial charge in [-0.3, -0.25) is 9.59 Å². The molecule has 0 saturated carbocycles. The first-order valence-corrected chi connectivity index (χ1v) is 12.6. The number of hydrogen-bond acceptors (Lipinski definition) is 4. The van der Waals surface area contributed by atoms with Crippen molar-refractivity contribution in [1.29, 1.82) is 0 Å². The minimum Gasteiger partial charge on any atom is -0.494 e. The highest BCUT2D eigenvalue weighted by atomic mass is 16.5. The van der Waals surface area contributed by atoms with E-state index < -0.39 is 0 Å². The van der Waals surface area contributed by atoms with E-state index in [1.54, 1.807) is 6.92 Å². The lowest BCUT2D eigenvalue weighted by molar-refractivity contribution is -0.143. The van der Waals surface area contributed by atoms with Gasteiger partial charge in [-0.15, -0.1) is 0 Å². The van der Waals surface area contributed by atoms with E-state index in [2.05, 4.69) is 18.2 Å². The number of hydrogen-bond donors (Lipinski definition) is 0. The fourth-order valence-electron chi connectivity index (χ4n) is 4.16. The average molecular weight is 473 g/mol. The van der Waals surface area contributed by atoms with Crippen molar-refractivity contribution >= 4 is 11.8 Å². The summed E-state index contributed by atoms with van der Waals surface area (Å²) in [7, 11) is 0. The van der Waals surface area contributed by atoms with Crippen LogP contribution in [0.1, 0.15) is 67.4 Å². The van der Waals surface area contributed by atoms with Gasteiger partial charge < -0.3 is 9.47 Å². The maximum atomic E-state index is 12.0. The minimum atomic E-state index is -0.132. The highest BCUT2D eigenvalue weighted by molar-refractivity contribution is 5.95. The maximum absolute atomic E-state index is 12.0. The van der Waals surface area contributed by atoms with Crippen LogP contribution in [-0.4, -0.2) is 25.0 Å². The minimum absolute atomic E-state index is 0.0372. The van der Waals surface area contributed by atoms with Gasteiger partial charge in [-0.2, -0.15) is 0 Å². The second-order valence-corrected chi connectivity index (χ2v) is 8.75. The molecule has 0 aliphatic carbocycles. The number of Topliss-reactive ketones (excluding diaryl/α,β-unsaturated/α-hetero) is 1. The van der Waals surface area contributed by atoms with Crippen molar-refractivity contribution in [3.05, 3.63) is 89.5 Å². The molecule has 0 fully saturated rings. The molecule has 3 rings (SSSR count). The molecular weight excluding hydrogens is 436 g/mol. The molecule has 3 aromatic carbocycles. The highest BCUT2D eigenvalue weighted by Gasteiger charge is 2.08. The Morgan fingerprint density at radius 2 is 1.43 bits per heavy atom. The summed E-state index contributed by atoms with van der Waals surface area (Å²) in [5.74, 6) is 0.647. The summed E-state index contributed by atoms with van der Waals surface area (Å²) in [5, 5.41) is 0. The van der Waals surface area contributed by atoms with Crippen molar-refractivity contribution in [3.63, 3.8) is 0 Å². The van der Waals surface area contributed by atoms with Gasteiger partial charge in [-0.05, 0) is 80.0 Å². The Morgan fingerprint density at radius 1 is 0.743 bits per heavy atom. The Labute approximate surface area is 209 Å². The molecule has 0 saturated heterocycles. The molecule has 0 unspecified atom stereocenters. The summed E-state index contributed by atoms with van der Waals surface area (Å²) in [6, 6.07) is 24.2. The van der Waals surface area contributed by atoms with Crippen molar-refractivity contribution in [2.45, 2.75) is 58.8 Å². The number of unbranched alkanes of at least 4 members (excludes halogenated alkanes) is 3. The van der Waals surface area contributed by atoms with Gasteiger partial charge in [0.1, 0.15) is 5.75 Å². The van der Waals surface area contributed by atoms with Crippen molar-refractivity contribution in [3.8, 4) is 16.9 Å². The Balaban J connectivity index is 1.43. The second kappa shape index (κ2) is 14.1. The fourth-order valence-corrected chi connectivity index (χ4v) is 4.16. The van der Waals surface area contributed by atoms with Crippen molar-refractivity contribution in [2.75, 3.05) is 13.2 Å². The normalized spacial score (nSPS) is 10.7. The van der Waals surface area contributed by atoms with Crippen LogP contribution in [0.25, 0.3) is 11.1 Å². The molecule has 0 spiro atoms. The Bertz CT molecular complexity index is 1090. The van der Waals surface area contributed by atoms with E-state index in [1.165, 1.54) is 11.1 Å². The number of benzene rings is 3. The predicted molar refractivity (Wildman–Crippen MR) is 141 cm³/mol. The van der Waals surface area contributed by atoms with Crippen LogP contribution in [0, 0.1) is 0 Å². The third-order valence-electron chi connectivity index (χ3n) is 6.05. The van der Waals surface area contributed by atoms with Gasteiger partial charge in [0.15, 0.2) is 5.78 Å². The lowest BCUT2D eigenvalue weighted by Gasteiger charge is -2.11. The number of carbonyl (C=O) groups excluding carboxylic acids is 2. The lowest BCUT2D eigenvalue weighted by Crippen LogP contribution is -2.06. The molecule has 184 valence electrons. The van der Waals surface area contributed by atoms with Gasteiger partial charge in [0, 0.05) is 12.0 Å². The van der Waals surface area contributed by atoms with E-state index in [0.29, 0.717) is 25.2 Å². The topological polar surface area (TPSA) is 52.6 Å². The van der Waals surface area contributed by atoms with E-state index in [4.69, 9.17) is 9.47 Å². The third kappa shape index (κ3) is 8.71. The number of ether oxygens (including phenoxy) is 2. The first kappa shape index (κ1) is 26.2. The lowest BCUT2D eigenvalue weighted by atomic mass is 9.98. The standard InChI is InChI=1S/C31H36O4/c1-3-34-31(33)19-18-27-17-11-10-16-25(27)13-7-4-5-12-20-35-30-22-28(24(2)32)21-29(23-30)26-14-8-6-9-15-26/h6,8-11,14-17,21-23H,3-5,7,12-13,18-20H2,1-2H3. The van der Waals surface area contributed by atoms with E-state index in [1.807, 2.05) is 61.5 Å². The maximum Gasteiger partial charge on any atom is 0.306 e. The van der Waals surface area contributed by atoms with E-state index in [9.17, 15) is 9.59 Å². The molecule has 3 aromatic rings. The molecule has 0 amide bonds. The largest absolute Gasteiger partial charge is 0.494 e. The van der Waals surface area contributed by atoms with Gasteiger partial charge in [0.2, 0.25) is 0 Å². The van der Waals surface area contributed by atoms with Gasteiger partial charge in [0.25, 0.3) is 0 Å². The molecule has 0 aliphatic rings. The van der Waals surface area contributed by atoms with Crippen LogP contribution < -0.4 is 4.74 Å². The molecule has 0 N–H and O–H groups in total. The van der Waals surface area contributed by atoms with Gasteiger partial charge in [-0.25, -0.2) is 0 Å². The van der Waals surface area contributed by atoms with Crippen LogP contribution in [0.5, 0.6) is 5.75 Å². The summed E-state index contributed by atoms with van der Waals surface area (Å²) < 4.78 is 11.1. The third-order valence-corrected chi connectivity index (χ3v) is 6.05. The number of esters is 1. The van der Waals surface area contributed by atoms with E-state index >= 15 is 0 Å². The van der Waals surface area contributed by atoms with E-state index in [-0.39, 0.29) is 11.8 Å².